The first-order valence-electron chi connectivity index (χ1n) is 11.8. The van der Waals surface area contributed by atoms with Gasteiger partial charge in [0.1, 0.15) is 19.0 Å². The summed E-state index contributed by atoms with van der Waals surface area (Å²) in [6.45, 7) is 6.11. The molecule has 1 fully saturated rings. The van der Waals surface area contributed by atoms with Crippen LogP contribution in [-0.4, -0.2) is 61.6 Å². The molecular weight excluding hydrogens is 436 g/mol. The highest BCUT2D eigenvalue weighted by Crippen LogP contribution is 2.34. The summed E-state index contributed by atoms with van der Waals surface area (Å²) in [4.78, 5) is 30.9. The second kappa shape index (κ2) is 10.7. The van der Waals surface area contributed by atoms with Crippen molar-refractivity contribution in [3.8, 4) is 5.75 Å². The monoisotopic (exact) mass is 470 g/mol. The Morgan fingerprint density at radius 1 is 1.18 bits per heavy atom. The molecule has 7 heteroatoms. The zero-order valence-corrected chi connectivity index (χ0v) is 20.6. The molecule has 1 aromatic heterocycles. The van der Waals surface area contributed by atoms with E-state index in [2.05, 4.69) is 37.4 Å². The smallest absolute Gasteiger partial charge is 0.249 e. The van der Waals surface area contributed by atoms with Crippen LogP contribution in [0.3, 0.4) is 0 Å². The van der Waals surface area contributed by atoms with Crippen molar-refractivity contribution in [2.24, 2.45) is 5.92 Å². The number of amides is 2. The second-order valence-electron chi connectivity index (χ2n) is 9.34. The third kappa shape index (κ3) is 5.95. The summed E-state index contributed by atoms with van der Waals surface area (Å²) in [7, 11) is 1.51. The minimum absolute atomic E-state index is 0.00753. The minimum atomic E-state index is -0.155. The molecule has 6 nitrogen and oxygen atoms in total. The van der Waals surface area contributed by atoms with E-state index in [1.54, 1.807) is 16.2 Å². The summed E-state index contributed by atoms with van der Waals surface area (Å²) in [5, 5.41) is 2.09. The summed E-state index contributed by atoms with van der Waals surface area (Å²) in [5.74, 6) is 1.64. The first kappa shape index (κ1) is 23.8. The van der Waals surface area contributed by atoms with Crippen molar-refractivity contribution >= 4 is 23.2 Å². The van der Waals surface area contributed by atoms with Gasteiger partial charge in [-0.05, 0) is 65.8 Å². The maximum atomic E-state index is 13.4. The van der Waals surface area contributed by atoms with Crippen molar-refractivity contribution in [2.75, 3.05) is 40.0 Å². The molecule has 33 heavy (non-hydrogen) atoms. The van der Waals surface area contributed by atoms with E-state index in [0.717, 1.165) is 30.6 Å². The predicted molar refractivity (Wildman–Crippen MR) is 130 cm³/mol. The molecule has 1 saturated carbocycles. The lowest BCUT2D eigenvalue weighted by atomic mass is 10.00. The number of benzene rings is 1. The molecule has 1 aliphatic carbocycles. The van der Waals surface area contributed by atoms with Gasteiger partial charge in [-0.2, -0.15) is 0 Å². The molecule has 1 aromatic carbocycles. The summed E-state index contributed by atoms with van der Waals surface area (Å²) in [6, 6.07) is 10.1. The van der Waals surface area contributed by atoms with Gasteiger partial charge < -0.3 is 19.3 Å². The minimum Gasteiger partial charge on any atom is -0.491 e. The van der Waals surface area contributed by atoms with Crippen LogP contribution in [0.15, 0.2) is 35.7 Å². The lowest BCUT2D eigenvalue weighted by Crippen LogP contribution is -2.48. The maximum Gasteiger partial charge on any atom is 0.249 e. The van der Waals surface area contributed by atoms with Crippen LogP contribution < -0.4 is 4.74 Å². The Kier molecular flexibility index (Phi) is 7.71. The van der Waals surface area contributed by atoms with E-state index in [4.69, 9.17) is 9.47 Å². The van der Waals surface area contributed by atoms with Crippen molar-refractivity contribution in [3.63, 3.8) is 0 Å². The molecular formula is C26H34N2O4S. The fraction of sp³-hybridized carbons (Fsp3) is 0.538. The summed E-state index contributed by atoms with van der Waals surface area (Å²) < 4.78 is 11.2. The SMILES string of the molecule is COCC(=O)N(CC(=O)N1CCc2sccc2[C@@H]1COc1ccc(C(C)C)cc1)CC1CC1. The topological polar surface area (TPSA) is 59.1 Å². The molecule has 2 aromatic rings. The Balaban J connectivity index is 1.46. The van der Waals surface area contributed by atoms with E-state index < -0.39 is 0 Å². The Morgan fingerprint density at radius 3 is 2.61 bits per heavy atom. The third-order valence-electron chi connectivity index (χ3n) is 6.49. The first-order chi connectivity index (χ1) is 16.0. The van der Waals surface area contributed by atoms with E-state index >= 15 is 0 Å². The zero-order chi connectivity index (χ0) is 23.4. The highest BCUT2D eigenvalue weighted by Gasteiger charge is 2.35. The van der Waals surface area contributed by atoms with E-state index in [-0.39, 0.29) is 31.0 Å². The number of methoxy groups -OCH3 is 1. The molecule has 0 unspecified atom stereocenters. The van der Waals surface area contributed by atoms with Crippen molar-refractivity contribution in [1.82, 2.24) is 9.80 Å². The Morgan fingerprint density at radius 2 is 1.94 bits per heavy atom. The summed E-state index contributed by atoms with van der Waals surface area (Å²) in [6.07, 6.45) is 3.09. The molecule has 0 radical (unpaired) electrons. The van der Waals surface area contributed by atoms with Crippen molar-refractivity contribution in [3.05, 3.63) is 51.7 Å². The van der Waals surface area contributed by atoms with Gasteiger partial charge in [-0.3, -0.25) is 9.59 Å². The van der Waals surface area contributed by atoms with E-state index in [1.807, 2.05) is 17.0 Å². The fourth-order valence-electron chi connectivity index (χ4n) is 4.33. The van der Waals surface area contributed by atoms with Crippen LogP contribution in [0.5, 0.6) is 5.75 Å². The Hall–Kier alpha value is -2.38. The van der Waals surface area contributed by atoms with Gasteiger partial charge >= 0.3 is 0 Å². The predicted octanol–water partition coefficient (Wildman–Crippen LogP) is 4.26. The van der Waals surface area contributed by atoms with Gasteiger partial charge in [-0.15, -0.1) is 11.3 Å². The molecule has 0 saturated heterocycles. The molecule has 178 valence electrons. The number of ether oxygens (including phenoxy) is 2. The van der Waals surface area contributed by atoms with Crippen LogP contribution >= 0.6 is 11.3 Å². The van der Waals surface area contributed by atoms with Gasteiger partial charge in [-0.25, -0.2) is 0 Å². The summed E-state index contributed by atoms with van der Waals surface area (Å²) in [5.41, 5.74) is 2.43. The number of thiophene rings is 1. The van der Waals surface area contributed by atoms with Gasteiger partial charge in [0, 0.05) is 25.1 Å². The van der Waals surface area contributed by atoms with Gasteiger partial charge in [-0.1, -0.05) is 26.0 Å². The van der Waals surface area contributed by atoms with Crippen LogP contribution in [0.25, 0.3) is 0 Å². The average molecular weight is 471 g/mol. The van der Waals surface area contributed by atoms with Crippen LogP contribution in [0, 0.1) is 5.92 Å². The molecule has 0 bridgehead atoms. The molecule has 0 spiro atoms. The molecule has 1 atom stereocenters. The van der Waals surface area contributed by atoms with Gasteiger partial charge in [0.2, 0.25) is 11.8 Å². The van der Waals surface area contributed by atoms with E-state index in [0.29, 0.717) is 31.5 Å². The standard InChI is InChI=1S/C26H34N2O4S/c1-18(2)20-6-8-21(9-7-20)32-16-23-22-11-13-33-24(22)10-12-28(23)25(29)15-27(14-19-4-5-19)26(30)17-31-3/h6-9,11,13,18-19,23H,4-5,10,12,14-17H2,1-3H3/t23-/m0/s1. The third-order valence-corrected chi connectivity index (χ3v) is 7.49. The Bertz CT molecular complexity index is 951. The largest absolute Gasteiger partial charge is 0.491 e. The second-order valence-corrected chi connectivity index (χ2v) is 10.3. The lowest BCUT2D eigenvalue weighted by Gasteiger charge is -2.37. The number of carbonyl (C=O) groups is 2. The average Bonchev–Trinajstić information content (AvgIpc) is 3.49. The number of hydrogen-bond donors (Lipinski definition) is 0. The van der Waals surface area contributed by atoms with E-state index in [1.165, 1.54) is 17.6 Å². The van der Waals surface area contributed by atoms with Crippen LogP contribution in [0.1, 0.15) is 54.7 Å². The molecule has 2 heterocycles. The van der Waals surface area contributed by atoms with Gasteiger partial charge in [0.05, 0.1) is 12.6 Å². The number of hydrogen-bond acceptors (Lipinski definition) is 5. The number of rotatable bonds is 10. The number of fused-ring (bicyclic) bond motifs is 1. The molecule has 2 aliphatic rings. The summed E-state index contributed by atoms with van der Waals surface area (Å²) >= 11 is 1.74. The molecule has 0 N–H and O–H groups in total. The number of nitrogens with zero attached hydrogens (tertiary/aromatic N) is 2. The van der Waals surface area contributed by atoms with Crippen molar-refractivity contribution in [2.45, 2.75) is 45.1 Å². The highest BCUT2D eigenvalue weighted by atomic mass is 32.1. The highest BCUT2D eigenvalue weighted by molar-refractivity contribution is 7.10. The Labute approximate surface area is 200 Å². The molecule has 1 aliphatic heterocycles. The first-order valence-corrected chi connectivity index (χ1v) is 12.7. The van der Waals surface area contributed by atoms with Crippen LogP contribution in [0.4, 0.5) is 0 Å². The fourth-order valence-corrected chi connectivity index (χ4v) is 5.26. The maximum absolute atomic E-state index is 13.4. The normalized spacial score (nSPS) is 17.7. The lowest BCUT2D eigenvalue weighted by molar-refractivity contribution is -0.144. The molecule has 4 rings (SSSR count). The van der Waals surface area contributed by atoms with Gasteiger partial charge in [0.15, 0.2) is 0 Å². The quantitative estimate of drug-likeness (QED) is 0.521. The van der Waals surface area contributed by atoms with Crippen LogP contribution in [0.2, 0.25) is 0 Å². The van der Waals surface area contributed by atoms with Crippen LogP contribution in [-0.2, 0) is 20.7 Å². The van der Waals surface area contributed by atoms with Crippen molar-refractivity contribution < 1.29 is 19.1 Å². The number of carbonyl (C=O) groups excluding carboxylic acids is 2. The molecule has 2 amide bonds. The zero-order valence-electron chi connectivity index (χ0n) is 19.8. The van der Waals surface area contributed by atoms with Crippen molar-refractivity contribution in [1.29, 1.82) is 0 Å². The van der Waals surface area contributed by atoms with Gasteiger partial charge in [0.25, 0.3) is 0 Å². The van der Waals surface area contributed by atoms with E-state index in [9.17, 15) is 9.59 Å².